The van der Waals surface area contributed by atoms with E-state index in [2.05, 4.69) is 49.9 Å². The molecule has 28 heavy (non-hydrogen) atoms. The van der Waals surface area contributed by atoms with Crippen molar-refractivity contribution in [2.75, 3.05) is 24.7 Å². The first-order chi connectivity index (χ1) is 13.9. The van der Waals surface area contributed by atoms with Crippen LogP contribution in [-0.4, -0.2) is 30.8 Å². The van der Waals surface area contributed by atoms with E-state index in [0.29, 0.717) is 6.61 Å². The molecule has 162 valence electrons. The standard InChI is InChI=1S/C25H44O2S/c1-3-25(27-22-24-18-14-13-15-19-24)23-26-20-16-11-9-7-5-6-8-10-12-17-21-28-4-2/h13-15,18-19,25H,3-12,16-17,20-23H2,1-2H3. The molecule has 0 heterocycles. The fourth-order valence-electron chi connectivity index (χ4n) is 3.25. The van der Waals surface area contributed by atoms with Gasteiger partial charge in [0.05, 0.1) is 19.3 Å². The quantitative estimate of drug-likeness (QED) is 0.206. The molecule has 0 saturated heterocycles. The van der Waals surface area contributed by atoms with Crippen LogP contribution in [0.25, 0.3) is 0 Å². The predicted octanol–water partition coefficient (Wildman–Crippen LogP) is 7.65. The molecule has 1 unspecified atom stereocenters. The zero-order valence-electron chi connectivity index (χ0n) is 18.5. The van der Waals surface area contributed by atoms with Crippen molar-refractivity contribution in [1.29, 1.82) is 0 Å². The van der Waals surface area contributed by atoms with Gasteiger partial charge >= 0.3 is 0 Å². The van der Waals surface area contributed by atoms with E-state index in [1.807, 2.05) is 6.07 Å². The highest BCUT2D eigenvalue weighted by atomic mass is 32.2. The number of rotatable bonds is 20. The Morgan fingerprint density at radius 3 is 2.00 bits per heavy atom. The third-order valence-electron chi connectivity index (χ3n) is 5.12. The van der Waals surface area contributed by atoms with Gasteiger partial charge in [0, 0.05) is 6.61 Å². The van der Waals surface area contributed by atoms with Gasteiger partial charge in [-0.25, -0.2) is 0 Å². The van der Waals surface area contributed by atoms with Gasteiger partial charge in [-0.05, 0) is 36.3 Å². The number of benzene rings is 1. The summed E-state index contributed by atoms with van der Waals surface area (Å²) in [4.78, 5) is 0. The number of hydrogen-bond acceptors (Lipinski definition) is 3. The van der Waals surface area contributed by atoms with Gasteiger partial charge in [0.1, 0.15) is 0 Å². The van der Waals surface area contributed by atoms with Gasteiger partial charge in [-0.3, -0.25) is 0 Å². The molecule has 0 bridgehead atoms. The first-order valence-electron chi connectivity index (χ1n) is 11.7. The van der Waals surface area contributed by atoms with Crippen LogP contribution in [0.5, 0.6) is 0 Å². The zero-order valence-corrected chi connectivity index (χ0v) is 19.3. The summed E-state index contributed by atoms with van der Waals surface area (Å²) < 4.78 is 11.8. The summed E-state index contributed by atoms with van der Waals surface area (Å²) in [6, 6.07) is 10.4. The Morgan fingerprint density at radius 2 is 1.39 bits per heavy atom. The van der Waals surface area contributed by atoms with Crippen LogP contribution in [0.3, 0.4) is 0 Å². The Balaban J connectivity index is 1.82. The Kier molecular flexibility index (Phi) is 18.0. The van der Waals surface area contributed by atoms with Crippen molar-refractivity contribution < 1.29 is 9.47 Å². The van der Waals surface area contributed by atoms with Crippen molar-refractivity contribution in [1.82, 2.24) is 0 Å². The van der Waals surface area contributed by atoms with E-state index in [1.54, 1.807) is 0 Å². The Hall–Kier alpha value is -0.510. The highest BCUT2D eigenvalue weighted by Crippen LogP contribution is 2.12. The van der Waals surface area contributed by atoms with Crippen molar-refractivity contribution in [2.45, 2.75) is 97.2 Å². The van der Waals surface area contributed by atoms with Crippen molar-refractivity contribution >= 4 is 11.8 Å². The SMILES string of the molecule is CCSCCCCCCCCCCCCOCC(CC)OCc1ccccc1. The Morgan fingerprint density at radius 1 is 0.786 bits per heavy atom. The molecular formula is C25H44O2S. The number of hydrogen-bond donors (Lipinski definition) is 0. The lowest BCUT2D eigenvalue weighted by Crippen LogP contribution is -2.19. The first kappa shape index (κ1) is 25.5. The minimum atomic E-state index is 0.209. The highest BCUT2D eigenvalue weighted by Gasteiger charge is 2.07. The predicted molar refractivity (Wildman–Crippen MR) is 125 cm³/mol. The van der Waals surface area contributed by atoms with E-state index in [4.69, 9.17) is 9.47 Å². The van der Waals surface area contributed by atoms with Crippen LogP contribution >= 0.6 is 11.8 Å². The van der Waals surface area contributed by atoms with Crippen molar-refractivity contribution in [3.63, 3.8) is 0 Å². The topological polar surface area (TPSA) is 18.5 Å². The third kappa shape index (κ3) is 15.4. The van der Waals surface area contributed by atoms with E-state index < -0.39 is 0 Å². The Labute approximate surface area is 179 Å². The summed E-state index contributed by atoms with van der Waals surface area (Å²) in [7, 11) is 0. The first-order valence-corrected chi connectivity index (χ1v) is 12.8. The van der Waals surface area contributed by atoms with Crippen LogP contribution in [0.1, 0.15) is 90.0 Å². The van der Waals surface area contributed by atoms with Crippen LogP contribution in [0.4, 0.5) is 0 Å². The molecule has 1 aromatic rings. The molecular weight excluding hydrogens is 364 g/mol. The number of ether oxygens (including phenoxy) is 2. The van der Waals surface area contributed by atoms with E-state index >= 15 is 0 Å². The summed E-state index contributed by atoms with van der Waals surface area (Å²) in [5.41, 5.74) is 1.23. The molecule has 0 aromatic heterocycles. The maximum absolute atomic E-state index is 5.97. The summed E-state index contributed by atoms with van der Waals surface area (Å²) in [5, 5.41) is 0. The van der Waals surface area contributed by atoms with Gasteiger partial charge in [-0.2, -0.15) is 11.8 Å². The molecule has 0 N–H and O–H groups in total. The summed E-state index contributed by atoms with van der Waals surface area (Å²) in [6.07, 6.45) is 15.0. The second kappa shape index (κ2) is 19.8. The minimum absolute atomic E-state index is 0.209. The molecule has 3 heteroatoms. The lowest BCUT2D eigenvalue weighted by Gasteiger charge is -2.16. The van der Waals surface area contributed by atoms with Gasteiger partial charge in [0.15, 0.2) is 0 Å². The molecule has 1 aromatic carbocycles. The van der Waals surface area contributed by atoms with Gasteiger partial charge < -0.3 is 9.47 Å². The number of unbranched alkanes of at least 4 members (excludes halogenated alkanes) is 9. The molecule has 0 radical (unpaired) electrons. The van der Waals surface area contributed by atoms with Gasteiger partial charge in [0.25, 0.3) is 0 Å². The molecule has 0 aliphatic rings. The normalized spacial score (nSPS) is 12.4. The lowest BCUT2D eigenvalue weighted by molar-refractivity contribution is -0.0269. The second-order valence-corrected chi connectivity index (χ2v) is 9.03. The maximum atomic E-state index is 5.97. The van der Waals surface area contributed by atoms with Gasteiger partial charge in [0.2, 0.25) is 0 Å². The molecule has 2 nitrogen and oxygen atoms in total. The summed E-state index contributed by atoms with van der Waals surface area (Å²) >= 11 is 2.08. The van der Waals surface area contributed by atoms with Gasteiger partial charge in [-0.1, -0.05) is 95.5 Å². The van der Waals surface area contributed by atoms with Crippen molar-refractivity contribution in [2.24, 2.45) is 0 Å². The van der Waals surface area contributed by atoms with Crippen molar-refractivity contribution in [3.8, 4) is 0 Å². The van der Waals surface area contributed by atoms with Gasteiger partial charge in [-0.15, -0.1) is 0 Å². The third-order valence-corrected chi connectivity index (χ3v) is 6.10. The molecule has 1 rings (SSSR count). The monoisotopic (exact) mass is 408 g/mol. The second-order valence-electron chi connectivity index (χ2n) is 7.63. The fourth-order valence-corrected chi connectivity index (χ4v) is 3.95. The van der Waals surface area contributed by atoms with Crippen LogP contribution in [0.15, 0.2) is 30.3 Å². The molecule has 0 spiro atoms. The minimum Gasteiger partial charge on any atom is -0.379 e. The highest BCUT2D eigenvalue weighted by molar-refractivity contribution is 7.99. The van der Waals surface area contributed by atoms with E-state index in [-0.39, 0.29) is 6.10 Å². The Bertz CT molecular complexity index is 424. The van der Waals surface area contributed by atoms with Crippen LogP contribution in [0.2, 0.25) is 0 Å². The number of thioether (sulfide) groups is 1. The zero-order chi connectivity index (χ0) is 20.1. The molecule has 0 fully saturated rings. The van der Waals surface area contributed by atoms with Crippen LogP contribution in [-0.2, 0) is 16.1 Å². The van der Waals surface area contributed by atoms with E-state index in [0.717, 1.165) is 19.6 Å². The van der Waals surface area contributed by atoms with Crippen molar-refractivity contribution in [3.05, 3.63) is 35.9 Å². The fraction of sp³-hybridized carbons (Fsp3) is 0.760. The molecule has 0 saturated carbocycles. The van der Waals surface area contributed by atoms with Crippen LogP contribution < -0.4 is 0 Å². The molecule has 1 atom stereocenters. The molecule has 0 aliphatic heterocycles. The average Bonchev–Trinajstić information content (AvgIpc) is 2.73. The van der Waals surface area contributed by atoms with E-state index in [1.165, 1.54) is 81.3 Å². The van der Waals surface area contributed by atoms with E-state index in [9.17, 15) is 0 Å². The molecule has 0 amide bonds. The average molecular weight is 409 g/mol. The molecule has 0 aliphatic carbocycles. The summed E-state index contributed by atoms with van der Waals surface area (Å²) in [6.45, 7) is 6.70. The lowest BCUT2D eigenvalue weighted by atomic mass is 10.1. The maximum Gasteiger partial charge on any atom is 0.0810 e. The van der Waals surface area contributed by atoms with Crippen LogP contribution in [0, 0.1) is 0 Å². The smallest absolute Gasteiger partial charge is 0.0810 e. The summed E-state index contributed by atoms with van der Waals surface area (Å²) in [5.74, 6) is 2.63. The largest absolute Gasteiger partial charge is 0.379 e.